The van der Waals surface area contributed by atoms with Crippen molar-refractivity contribution in [2.45, 2.75) is 13.1 Å². The summed E-state index contributed by atoms with van der Waals surface area (Å²) in [4.78, 5) is 27.4. The van der Waals surface area contributed by atoms with Crippen LogP contribution in [0.5, 0.6) is 0 Å². The molecule has 1 aliphatic rings. The quantitative estimate of drug-likeness (QED) is 0.706. The Morgan fingerprint density at radius 1 is 0.778 bits per heavy atom. The molecule has 134 valence electrons. The van der Waals surface area contributed by atoms with Crippen LogP contribution >= 0.6 is 0 Å². The molecule has 0 aromatic heterocycles. The average molecular weight is 356 g/mol. The Labute approximate surface area is 158 Å². The fourth-order valence-electron chi connectivity index (χ4n) is 3.44. The lowest BCUT2D eigenvalue weighted by Crippen LogP contribution is -2.29. The normalized spacial score (nSPS) is 13.2. The van der Waals surface area contributed by atoms with Gasteiger partial charge >= 0.3 is 0 Å². The standard InChI is InChI=1S/C23H20N2O2/c26-22(16-25-14-18-10-4-5-11-19(18)15-25)24-21-13-7-6-12-20(21)23(27)17-8-2-1-3-9-17/h1-13H,14-16H2,(H,24,26). The van der Waals surface area contributed by atoms with Crippen LogP contribution in [0.2, 0.25) is 0 Å². The summed E-state index contributed by atoms with van der Waals surface area (Å²) in [5, 5.41) is 2.91. The van der Waals surface area contributed by atoms with Crippen molar-refractivity contribution in [3.8, 4) is 0 Å². The number of fused-ring (bicyclic) bond motifs is 1. The van der Waals surface area contributed by atoms with Crippen LogP contribution in [0, 0.1) is 0 Å². The van der Waals surface area contributed by atoms with Crippen molar-refractivity contribution in [3.63, 3.8) is 0 Å². The van der Waals surface area contributed by atoms with E-state index in [0.29, 0.717) is 23.4 Å². The maximum atomic E-state index is 12.8. The van der Waals surface area contributed by atoms with Crippen LogP contribution in [-0.4, -0.2) is 23.1 Å². The molecule has 0 aliphatic carbocycles. The Hall–Kier alpha value is -3.24. The van der Waals surface area contributed by atoms with Gasteiger partial charge in [0, 0.05) is 24.2 Å². The van der Waals surface area contributed by atoms with Gasteiger partial charge < -0.3 is 5.32 Å². The van der Waals surface area contributed by atoms with Gasteiger partial charge in [-0.15, -0.1) is 0 Å². The zero-order valence-corrected chi connectivity index (χ0v) is 14.9. The first kappa shape index (κ1) is 17.2. The van der Waals surface area contributed by atoms with E-state index in [1.807, 2.05) is 42.5 Å². The largest absolute Gasteiger partial charge is 0.324 e. The molecule has 0 unspecified atom stereocenters. The van der Waals surface area contributed by atoms with Crippen molar-refractivity contribution in [2.24, 2.45) is 0 Å². The molecular formula is C23H20N2O2. The average Bonchev–Trinajstić information content (AvgIpc) is 3.10. The third-order valence-corrected chi connectivity index (χ3v) is 4.76. The van der Waals surface area contributed by atoms with E-state index >= 15 is 0 Å². The SMILES string of the molecule is O=C(CN1Cc2ccccc2C1)Nc1ccccc1C(=O)c1ccccc1. The van der Waals surface area contributed by atoms with Crippen LogP contribution in [0.15, 0.2) is 78.9 Å². The van der Waals surface area contributed by atoms with Gasteiger partial charge in [0.25, 0.3) is 0 Å². The summed E-state index contributed by atoms with van der Waals surface area (Å²) in [6.07, 6.45) is 0. The predicted molar refractivity (Wildman–Crippen MR) is 106 cm³/mol. The summed E-state index contributed by atoms with van der Waals surface area (Å²) >= 11 is 0. The van der Waals surface area contributed by atoms with Crippen LogP contribution in [0.4, 0.5) is 5.69 Å². The van der Waals surface area contributed by atoms with Gasteiger partial charge in [-0.25, -0.2) is 0 Å². The minimum atomic E-state index is -0.115. The first-order valence-electron chi connectivity index (χ1n) is 8.98. The van der Waals surface area contributed by atoms with E-state index in [1.165, 1.54) is 11.1 Å². The molecule has 1 amide bonds. The number of carbonyl (C=O) groups is 2. The minimum Gasteiger partial charge on any atom is -0.324 e. The third-order valence-electron chi connectivity index (χ3n) is 4.76. The van der Waals surface area contributed by atoms with Gasteiger partial charge in [0.15, 0.2) is 5.78 Å². The first-order valence-corrected chi connectivity index (χ1v) is 8.98. The first-order chi connectivity index (χ1) is 13.2. The fraction of sp³-hybridized carbons (Fsp3) is 0.130. The maximum Gasteiger partial charge on any atom is 0.238 e. The van der Waals surface area contributed by atoms with Gasteiger partial charge in [0.05, 0.1) is 12.2 Å². The van der Waals surface area contributed by atoms with Crippen LogP contribution in [0.3, 0.4) is 0 Å². The Morgan fingerprint density at radius 2 is 1.37 bits per heavy atom. The molecule has 0 saturated carbocycles. The van der Waals surface area contributed by atoms with Crippen LogP contribution in [0.1, 0.15) is 27.0 Å². The lowest BCUT2D eigenvalue weighted by atomic mass is 10.0. The topological polar surface area (TPSA) is 49.4 Å². The summed E-state index contributed by atoms with van der Waals surface area (Å²) in [5.74, 6) is -0.212. The molecule has 0 bridgehead atoms. The maximum absolute atomic E-state index is 12.8. The van der Waals surface area contributed by atoms with Crippen LogP contribution in [-0.2, 0) is 17.9 Å². The monoisotopic (exact) mass is 356 g/mol. The Bertz CT molecular complexity index is 957. The highest BCUT2D eigenvalue weighted by Gasteiger charge is 2.21. The smallest absolute Gasteiger partial charge is 0.238 e. The van der Waals surface area contributed by atoms with Gasteiger partial charge in [0.2, 0.25) is 5.91 Å². The van der Waals surface area contributed by atoms with Gasteiger partial charge in [-0.2, -0.15) is 0 Å². The third kappa shape index (κ3) is 3.81. The summed E-state index contributed by atoms with van der Waals surface area (Å²) < 4.78 is 0. The van der Waals surface area contributed by atoms with Crippen molar-refractivity contribution >= 4 is 17.4 Å². The second kappa shape index (κ2) is 7.56. The highest BCUT2D eigenvalue weighted by molar-refractivity contribution is 6.13. The number of nitrogens with zero attached hydrogens (tertiary/aromatic N) is 1. The van der Waals surface area contributed by atoms with Crippen molar-refractivity contribution in [2.75, 3.05) is 11.9 Å². The molecule has 1 heterocycles. The number of benzene rings is 3. The summed E-state index contributed by atoms with van der Waals surface area (Å²) in [6, 6.07) is 24.5. The molecule has 1 N–H and O–H groups in total. The van der Waals surface area contributed by atoms with Gasteiger partial charge in [-0.3, -0.25) is 14.5 Å². The molecule has 0 spiro atoms. The molecule has 4 nitrogen and oxygen atoms in total. The van der Waals surface area contributed by atoms with E-state index in [-0.39, 0.29) is 11.7 Å². The van der Waals surface area contributed by atoms with Gasteiger partial charge in [-0.05, 0) is 23.3 Å². The summed E-state index contributed by atoms with van der Waals surface area (Å²) in [7, 11) is 0. The Morgan fingerprint density at radius 3 is 2.07 bits per heavy atom. The molecule has 0 saturated heterocycles. The summed E-state index contributed by atoms with van der Waals surface area (Å²) in [6.45, 7) is 1.84. The number of carbonyl (C=O) groups excluding carboxylic acids is 2. The highest BCUT2D eigenvalue weighted by atomic mass is 16.2. The lowest BCUT2D eigenvalue weighted by Gasteiger charge is -2.16. The molecule has 0 atom stereocenters. The lowest BCUT2D eigenvalue weighted by molar-refractivity contribution is -0.117. The molecule has 0 radical (unpaired) electrons. The number of rotatable bonds is 5. The number of ketones is 1. The van der Waals surface area contributed by atoms with E-state index in [4.69, 9.17) is 0 Å². The van der Waals surface area contributed by atoms with Crippen LogP contribution in [0.25, 0.3) is 0 Å². The predicted octanol–water partition coefficient (Wildman–Crippen LogP) is 3.87. The zero-order chi connectivity index (χ0) is 18.6. The Balaban J connectivity index is 1.46. The molecule has 0 fully saturated rings. The number of anilines is 1. The van der Waals surface area contributed by atoms with Crippen molar-refractivity contribution in [1.82, 2.24) is 4.90 Å². The van der Waals surface area contributed by atoms with Crippen molar-refractivity contribution in [3.05, 3.63) is 101 Å². The molecule has 3 aromatic carbocycles. The van der Waals surface area contributed by atoms with Crippen LogP contribution < -0.4 is 5.32 Å². The molecule has 1 aliphatic heterocycles. The van der Waals surface area contributed by atoms with E-state index in [1.54, 1.807) is 24.3 Å². The molecule has 4 heteroatoms. The molecular weight excluding hydrogens is 336 g/mol. The number of hydrogen-bond donors (Lipinski definition) is 1. The molecule has 4 rings (SSSR count). The van der Waals surface area contributed by atoms with E-state index in [0.717, 1.165) is 13.1 Å². The summed E-state index contributed by atoms with van der Waals surface area (Å²) in [5.41, 5.74) is 4.19. The second-order valence-electron chi connectivity index (χ2n) is 6.70. The van der Waals surface area contributed by atoms with E-state index < -0.39 is 0 Å². The van der Waals surface area contributed by atoms with Crippen molar-refractivity contribution < 1.29 is 9.59 Å². The van der Waals surface area contributed by atoms with E-state index in [9.17, 15) is 9.59 Å². The molecule has 3 aromatic rings. The second-order valence-corrected chi connectivity index (χ2v) is 6.70. The highest BCUT2D eigenvalue weighted by Crippen LogP contribution is 2.23. The van der Waals surface area contributed by atoms with Gasteiger partial charge in [0.1, 0.15) is 0 Å². The van der Waals surface area contributed by atoms with E-state index in [2.05, 4.69) is 22.3 Å². The minimum absolute atomic E-state index is 0.0972. The van der Waals surface area contributed by atoms with Crippen molar-refractivity contribution in [1.29, 1.82) is 0 Å². The number of hydrogen-bond acceptors (Lipinski definition) is 3. The zero-order valence-electron chi connectivity index (χ0n) is 14.9. The fourth-order valence-corrected chi connectivity index (χ4v) is 3.44. The number of amides is 1. The number of para-hydroxylation sites is 1. The Kier molecular flexibility index (Phi) is 4.81. The number of nitrogens with one attached hydrogen (secondary N) is 1. The van der Waals surface area contributed by atoms with Gasteiger partial charge in [-0.1, -0.05) is 66.7 Å². The molecule has 27 heavy (non-hydrogen) atoms.